The lowest BCUT2D eigenvalue weighted by atomic mass is 9.85. The van der Waals surface area contributed by atoms with Gasteiger partial charge in [0.15, 0.2) is 14.6 Å². The smallest absolute Gasteiger partial charge is 0.265 e. The Morgan fingerprint density at radius 2 is 1.39 bits per heavy atom. The first kappa shape index (κ1) is 30.2. The van der Waals surface area contributed by atoms with Gasteiger partial charge in [0.05, 0.1) is 25.0 Å². The van der Waals surface area contributed by atoms with Crippen molar-refractivity contribution in [3.05, 3.63) is 89.5 Å². The second kappa shape index (κ2) is 13.3. The van der Waals surface area contributed by atoms with Crippen molar-refractivity contribution in [1.82, 2.24) is 5.48 Å². The Morgan fingerprint density at radius 1 is 0.878 bits per heavy atom. The number of hydrogen-bond donors (Lipinski definition) is 2. The summed E-state index contributed by atoms with van der Waals surface area (Å²) in [5, 5.41) is 9.24. The molecular formula is C31H35NO8S. The monoisotopic (exact) mass is 581 g/mol. The van der Waals surface area contributed by atoms with E-state index in [0.29, 0.717) is 30.8 Å². The van der Waals surface area contributed by atoms with Crippen LogP contribution in [0, 0.1) is 0 Å². The van der Waals surface area contributed by atoms with Crippen LogP contribution in [0.5, 0.6) is 11.5 Å². The van der Waals surface area contributed by atoms with E-state index in [-0.39, 0.29) is 36.7 Å². The van der Waals surface area contributed by atoms with Crippen LogP contribution in [0.15, 0.2) is 77.7 Å². The number of hydroxylamine groups is 1. The van der Waals surface area contributed by atoms with E-state index in [1.807, 2.05) is 48.5 Å². The lowest BCUT2D eigenvalue weighted by molar-refractivity contribution is -0.134. The van der Waals surface area contributed by atoms with Gasteiger partial charge in [-0.25, -0.2) is 13.9 Å². The second-order valence-electron chi connectivity index (χ2n) is 9.99. The third-order valence-corrected chi connectivity index (χ3v) is 10.2. The van der Waals surface area contributed by atoms with Crippen LogP contribution < -0.4 is 15.0 Å². The molecule has 0 atom stereocenters. The number of carbonyl (C=O) groups is 2. The Kier molecular flexibility index (Phi) is 9.80. The highest BCUT2D eigenvalue weighted by Gasteiger charge is 2.52. The van der Waals surface area contributed by atoms with Gasteiger partial charge >= 0.3 is 0 Å². The molecule has 2 N–H and O–H groups in total. The molecular weight excluding hydrogens is 546 g/mol. The summed E-state index contributed by atoms with van der Waals surface area (Å²) in [5.41, 5.74) is 4.13. The minimum absolute atomic E-state index is 0.00176. The summed E-state index contributed by atoms with van der Waals surface area (Å²) in [6.45, 7) is 0.208. The minimum atomic E-state index is -4.09. The molecule has 218 valence electrons. The van der Waals surface area contributed by atoms with Crippen LogP contribution in [0.2, 0.25) is 0 Å². The van der Waals surface area contributed by atoms with Crippen molar-refractivity contribution in [2.75, 3.05) is 27.4 Å². The molecule has 3 aromatic rings. The molecule has 1 amide bonds. The number of sulfone groups is 1. The number of ether oxygens (including phenoxy) is 3. The SMILES string of the molecule is COc1ccc(C(C(=O)CCCc2ccc(S(=O)(=O)C3(C(=O)NO)CCOCC3)cc2)c2ccc(OC)cc2)cc1. The molecule has 0 aliphatic carbocycles. The topological polar surface area (TPSA) is 128 Å². The lowest BCUT2D eigenvalue weighted by Gasteiger charge is -2.34. The first-order valence-electron chi connectivity index (χ1n) is 13.4. The fraction of sp³-hybridized carbons (Fsp3) is 0.355. The minimum Gasteiger partial charge on any atom is -0.497 e. The molecule has 1 aliphatic rings. The molecule has 9 nitrogen and oxygen atoms in total. The Labute approximate surface area is 240 Å². The van der Waals surface area contributed by atoms with Crippen LogP contribution in [-0.2, 0) is 30.6 Å². The van der Waals surface area contributed by atoms with Crippen molar-refractivity contribution in [3.8, 4) is 11.5 Å². The highest BCUT2D eigenvalue weighted by Crippen LogP contribution is 2.36. The zero-order valence-corrected chi connectivity index (χ0v) is 24.0. The third-order valence-electron chi connectivity index (χ3n) is 7.67. The van der Waals surface area contributed by atoms with E-state index in [4.69, 9.17) is 14.2 Å². The molecule has 1 heterocycles. The number of benzene rings is 3. The summed E-state index contributed by atoms with van der Waals surface area (Å²) in [7, 11) is -0.902. The van der Waals surface area contributed by atoms with Crippen LogP contribution in [0.3, 0.4) is 0 Å². The Hall–Kier alpha value is -3.73. The zero-order chi connectivity index (χ0) is 29.5. The van der Waals surface area contributed by atoms with Crippen molar-refractivity contribution in [2.24, 2.45) is 0 Å². The van der Waals surface area contributed by atoms with E-state index in [1.165, 1.54) is 17.6 Å². The number of hydrogen-bond acceptors (Lipinski definition) is 8. The standard InChI is InChI=1S/C31H35NO8S/c1-38-25-12-8-23(9-13-25)29(24-10-14-26(39-2)15-11-24)28(33)5-3-4-22-6-16-27(17-7-22)41(36,37)31(30(34)32-35)18-20-40-21-19-31/h6-17,29,35H,3-5,18-21H2,1-2H3,(H,32,34). The van der Waals surface area contributed by atoms with Crippen LogP contribution >= 0.6 is 0 Å². The maximum absolute atomic E-state index is 13.5. The molecule has 1 fully saturated rings. The molecule has 0 radical (unpaired) electrons. The van der Waals surface area contributed by atoms with Gasteiger partial charge in [0, 0.05) is 19.6 Å². The Balaban J connectivity index is 1.46. The zero-order valence-electron chi connectivity index (χ0n) is 23.2. The number of nitrogens with one attached hydrogen (secondary N) is 1. The normalized spacial score (nSPS) is 14.8. The van der Waals surface area contributed by atoms with Crippen molar-refractivity contribution in [3.63, 3.8) is 0 Å². The van der Waals surface area contributed by atoms with Gasteiger partial charge in [-0.15, -0.1) is 0 Å². The van der Waals surface area contributed by atoms with Gasteiger partial charge in [0.2, 0.25) is 0 Å². The van der Waals surface area contributed by atoms with Gasteiger partial charge in [-0.2, -0.15) is 0 Å². The summed E-state index contributed by atoms with van der Waals surface area (Å²) in [6.07, 6.45) is 1.37. The summed E-state index contributed by atoms with van der Waals surface area (Å²) in [5.74, 6) is 0.0788. The quantitative estimate of drug-likeness (QED) is 0.240. The van der Waals surface area contributed by atoms with Crippen molar-refractivity contribution >= 4 is 21.5 Å². The molecule has 3 aromatic carbocycles. The number of carbonyl (C=O) groups excluding carboxylic acids is 2. The molecule has 41 heavy (non-hydrogen) atoms. The van der Waals surface area contributed by atoms with E-state index in [9.17, 15) is 23.2 Å². The van der Waals surface area contributed by atoms with E-state index in [1.54, 1.807) is 26.4 Å². The van der Waals surface area contributed by atoms with E-state index in [0.717, 1.165) is 16.7 Å². The number of amides is 1. The number of Topliss-reactive ketones (excluding diaryl/α,β-unsaturated/α-hetero) is 1. The van der Waals surface area contributed by atoms with Crippen molar-refractivity contribution < 1.29 is 37.4 Å². The first-order chi connectivity index (χ1) is 19.8. The van der Waals surface area contributed by atoms with E-state index < -0.39 is 26.4 Å². The molecule has 1 aliphatic heterocycles. The third kappa shape index (κ3) is 6.45. The van der Waals surface area contributed by atoms with Crippen LogP contribution in [0.4, 0.5) is 0 Å². The summed E-state index contributed by atoms with van der Waals surface area (Å²) in [4.78, 5) is 26.0. The fourth-order valence-electron chi connectivity index (χ4n) is 5.25. The first-order valence-corrected chi connectivity index (χ1v) is 14.9. The van der Waals surface area contributed by atoms with Gasteiger partial charge in [-0.05, 0) is 78.8 Å². The molecule has 0 unspecified atom stereocenters. The van der Waals surface area contributed by atoms with Gasteiger partial charge in [0.25, 0.3) is 5.91 Å². The largest absolute Gasteiger partial charge is 0.497 e. The predicted molar refractivity (Wildman–Crippen MR) is 152 cm³/mol. The highest BCUT2D eigenvalue weighted by atomic mass is 32.2. The van der Waals surface area contributed by atoms with Gasteiger partial charge in [-0.3, -0.25) is 14.8 Å². The number of rotatable bonds is 12. The average Bonchev–Trinajstić information content (AvgIpc) is 3.02. The molecule has 4 rings (SSSR count). The number of methoxy groups -OCH3 is 2. The van der Waals surface area contributed by atoms with E-state index >= 15 is 0 Å². The molecule has 0 saturated carbocycles. The molecule has 0 aromatic heterocycles. The summed E-state index contributed by atoms with van der Waals surface area (Å²) < 4.78 is 40.9. The van der Waals surface area contributed by atoms with Crippen molar-refractivity contribution in [1.29, 1.82) is 0 Å². The number of ketones is 1. The van der Waals surface area contributed by atoms with Gasteiger partial charge < -0.3 is 14.2 Å². The maximum atomic E-state index is 13.5. The Bertz CT molecular complexity index is 1380. The Morgan fingerprint density at radius 3 is 1.85 bits per heavy atom. The maximum Gasteiger partial charge on any atom is 0.265 e. The molecule has 1 saturated heterocycles. The summed E-state index contributed by atoms with van der Waals surface area (Å²) >= 11 is 0. The lowest BCUT2D eigenvalue weighted by Crippen LogP contribution is -2.54. The second-order valence-corrected chi connectivity index (χ2v) is 12.3. The fourth-order valence-corrected chi connectivity index (χ4v) is 7.19. The van der Waals surface area contributed by atoms with Crippen LogP contribution in [-0.4, -0.2) is 57.5 Å². The summed E-state index contributed by atoms with van der Waals surface area (Å²) in [6, 6.07) is 21.3. The van der Waals surface area contributed by atoms with Crippen molar-refractivity contribution in [2.45, 2.75) is 47.7 Å². The van der Waals surface area contributed by atoms with Crippen LogP contribution in [0.1, 0.15) is 48.3 Å². The molecule has 10 heteroatoms. The average molecular weight is 582 g/mol. The number of aryl methyl sites for hydroxylation is 1. The van der Waals surface area contributed by atoms with E-state index in [2.05, 4.69) is 0 Å². The van der Waals surface area contributed by atoms with Crippen LogP contribution in [0.25, 0.3) is 0 Å². The molecule has 0 spiro atoms. The van der Waals surface area contributed by atoms with Gasteiger partial charge in [-0.1, -0.05) is 36.4 Å². The predicted octanol–water partition coefficient (Wildman–Crippen LogP) is 4.26. The molecule has 0 bridgehead atoms. The van der Waals surface area contributed by atoms with Gasteiger partial charge in [0.1, 0.15) is 17.3 Å². The highest BCUT2D eigenvalue weighted by molar-refractivity contribution is 7.93.